The molecule has 4 amide bonds. The zero-order valence-electron chi connectivity index (χ0n) is 33.2. The van der Waals surface area contributed by atoms with Gasteiger partial charge in [0, 0.05) is 24.0 Å². The summed E-state index contributed by atoms with van der Waals surface area (Å²) in [5.41, 5.74) is 0.301. The summed E-state index contributed by atoms with van der Waals surface area (Å²) in [7, 11) is -3.92. The number of nitrogens with zero attached hydrogens (tertiary/aromatic N) is 2. The van der Waals surface area contributed by atoms with Crippen molar-refractivity contribution < 1.29 is 46.2 Å². The Labute approximate surface area is 348 Å². The molecular formula is C44H50FN5O9S. The standard InChI is InChI=1S/C44H50FN5O9S/c45-28-17-20-36-32(21-28)38-39(59-36)37(23-34(46-38)26-11-5-4-6-12-26)57-30-22-35-40(51)48-44(42(53)49-60(55,56)31-18-19-31)24-27(44)13-7-2-1-3-8-16-33(41(52)50(35)25-30)47-43(54)58-29-14-9-10-15-29/h4-7,11-13,17,20-21,23,27,29-33,35-36H,1-3,8-10,14-16,18-19,22,24-25H2,(H,47,54)(H,48,51)(H,49,53)/b13-7-/t27-,30-,32?,33+,35+,36?,44-/m1/s1. The molecule has 4 aliphatic carbocycles. The van der Waals surface area contributed by atoms with Gasteiger partial charge in [-0.1, -0.05) is 55.3 Å². The molecule has 0 spiro atoms. The van der Waals surface area contributed by atoms with Crippen LogP contribution in [0.3, 0.4) is 0 Å². The van der Waals surface area contributed by atoms with Crippen molar-refractivity contribution >= 4 is 33.8 Å². The number of hydrogen-bond acceptors (Lipinski definition) is 10. The molecule has 9 rings (SSSR count). The first-order chi connectivity index (χ1) is 29.0. The molecule has 1 aromatic carbocycles. The van der Waals surface area contributed by atoms with E-state index in [9.17, 15) is 32.0 Å². The van der Waals surface area contributed by atoms with Gasteiger partial charge in [-0.2, -0.15) is 0 Å². The van der Waals surface area contributed by atoms with Crippen LogP contribution in [0.2, 0.25) is 0 Å². The fourth-order valence-corrected chi connectivity index (χ4v) is 10.6. The molecule has 0 radical (unpaired) electrons. The molecule has 4 heterocycles. The molecule has 16 heteroatoms. The van der Waals surface area contributed by atoms with Crippen LogP contribution in [0.15, 0.2) is 72.6 Å². The molecular weight excluding hydrogens is 794 g/mol. The van der Waals surface area contributed by atoms with Gasteiger partial charge in [-0.25, -0.2) is 22.6 Å². The number of rotatable bonds is 8. The predicted molar refractivity (Wildman–Crippen MR) is 217 cm³/mol. The van der Waals surface area contributed by atoms with E-state index in [1.165, 1.54) is 17.1 Å². The molecule has 2 unspecified atom stereocenters. The lowest BCUT2D eigenvalue weighted by Gasteiger charge is -2.30. The highest BCUT2D eigenvalue weighted by Crippen LogP contribution is 2.49. The fourth-order valence-electron chi connectivity index (χ4n) is 9.19. The van der Waals surface area contributed by atoms with Crippen molar-refractivity contribution in [2.45, 2.75) is 131 Å². The van der Waals surface area contributed by atoms with E-state index in [1.807, 2.05) is 42.5 Å². The Balaban J connectivity index is 1.04. The summed E-state index contributed by atoms with van der Waals surface area (Å²) in [6, 6.07) is 8.98. The van der Waals surface area contributed by atoms with Gasteiger partial charge in [-0.3, -0.25) is 19.1 Å². The zero-order chi connectivity index (χ0) is 41.6. The summed E-state index contributed by atoms with van der Waals surface area (Å²) in [6.07, 6.45) is 13.7. The van der Waals surface area contributed by atoms with E-state index >= 15 is 0 Å². The number of carbonyl (C=O) groups excluding carboxylic acids is 4. The van der Waals surface area contributed by atoms with Gasteiger partial charge in [0.25, 0.3) is 5.91 Å². The SMILES string of the molecule is O=C(N[C@H]1CCCCC/C=C\[C@@H]2C[C@@]2(C(=O)NS(=O)(=O)C2CC2)NC(=O)[C@@H]2C[C@@H](Oc3cc(-c4ccccc4)nc4c3OC3C=CC(F)=CC43)CN2C1=O)OC1CCCC1. The van der Waals surface area contributed by atoms with Gasteiger partial charge in [-0.05, 0) is 82.4 Å². The van der Waals surface area contributed by atoms with Gasteiger partial charge in [0.1, 0.15) is 41.8 Å². The highest BCUT2D eigenvalue weighted by atomic mass is 32.2. The van der Waals surface area contributed by atoms with Crippen LogP contribution in [-0.2, 0) is 29.1 Å². The number of nitrogens with one attached hydrogen (secondary N) is 3. The fraction of sp³-hybridized carbons (Fsp3) is 0.523. The van der Waals surface area contributed by atoms with Crippen molar-refractivity contribution in [2.75, 3.05) is 6.54 Å². The second-order valence-corrected chi connectivity index (χ2v) is 19.1. The van der Waals surface area contributed by atoms with Crippen LogP contribution < -0.4 is 24.8 Å². The molecule has 7 aliphatic rings. The number of pyridine rings is 1. The van der Waals surface area contributed by atoms with Gasteiger partial charge < -0.3 is 29.7 Å². The van der Waals surface area contributed by atoms with Crippen molar-refractivity contribution in [3.8, 4) is 22.8 Å². The quantitative estimate of drug-likeness (QED) is 0.291. The number of aromatic nitrogens is 1. The molecule has 2 aromatic rings. The number of carbonyl (C=O) groups is 4. The third-order valence-corrected chi connectivity index (χ3v) is 14.6. The van der Waals surface area contributed by atoms with E-state index in [0.29, 0.717) is 55.0 Å². The summed E-state index contributed by atoms with van der Waals surface area (Å²) in [4.78, 5) is 62.7. The average Bonchev–Trinajstić information content (AvgIpc) is 4.05. The minimum absolute atomic E-state index is 0.00551. The number of alkyl carbamates (subject to hydrolysis) is 1. The monoisotopic (exact) mass is 843 g/mol. The lowest BCUT2D eigenvalue weighted by molar-refractivity contribution is -0.141. The number of hydrogen-bond donors (Lipinski definition) is 3. The van der Waals surface area contributed by atoms with Crippen LogP contribution >= 0.6 is 0 Å². The smallest absolute Gasteiger partial charge is 0.408 e. The number of fused-ring (bicyclic) bond motifs is 5. The van der Waals surface area contributed by atoms with E-state index in [2.05, 4.69) is 15.4 Å². The average molecular weight is 844 g/mol. The molecule has 4 fully saturated rings. The van der Waals surface area contributed by atoms with Crippen molar-refractivity contribution in [3.05, 3.63) is 78.3 Å². The number of halogens is 1. The zero-order valence-corrected chi connectivity index (χ0v) is 34.0. The number of amides is 4. The minimum Gasteiger partial charge on any atom is -0.484 e. The Morgan fingerprint density at radius 1 is 0.983 bits per heavy atom. The first-order valence-electron chi connectivity index (χ1n) is 21.3. The second-order valence-electron chi connectivity index (χ2n) is 17.1. The maximum atomic E-state index is 14.7. The van der Waals surface area contributed by atoms with E-state index in [1.54, 1.807) is 12.1 Å². The first kappa shape index (κ1) is 40.2. The van der Waals surface area contributed by atoms with E-state index < -0.39 is 86.6 Å². The highest BCUT2D eigenvalue weighted by Gasteiger charge is 2.62. The van der Waals surface area contributed by atoms with Gasteiger partial charge >= 0.3 is 6.09 Å². The largest absolute Gasteiger partial charge is 0.484 e. The number of allylic oxidation sites excluding steroid dienone is 3. The topological polar surface area (TPSA) is 182 Å². The summed E-state index contributed by atoms with van der Waals surface area (Å²) >= 11 is 0. The normalized spacial score (nSPS) is 30.8. The van der Waals surface area contributed by atoms with Crippen molar-refractivity contribution in [1.82, 2.24) is 25.2 Å². The molecule has 318 valence electrons. The third kappa shape index (κ3) is 8.26. The van der Waals surface area contributed by atoms with E-state index in [4.69, 9.17) is 19.2 Å². The molecule has 0 bridgehead atoms. The van der Waals surface area contributed by atoms with Crippen molar-refractivity contribution in [2.24, 2.45) is 5.92 Å². The lowest BCUT2D eigenvalue weighted by Crippen LogP contribution is -2.58. The van der Waals surface area contributed by atoms with Crippen LogP contribution in [-0.4, -0.2) is 89.8 Å². The molecule has 7 atom stereocenters. The number of sulfonamides is 1. The van der Waals surface area contributed by atoms with Gasteiger partial charge in [-0.15, -0.1) is 0 Å². The molecule has 3 N–H and O–H groups in total. The maximum Gasteiger partial charge on any atom is 0.408 e. The Morgan fingerprint density at radius 2 is 1.77 bits per heavy atom. The van der Waals surface area contributed by atoms with Gasteiger partial charge in [0.05, 0.1) is 29.1 Å². The van der Waals surface area contributed by atoms with Crippen molar-refractivity contribution in [1.29, 1.82) is 0 Å². The summed E-state index contributed by atoms with van der Waals surface area (Å²) < 4.78 is 61.4. The van der Waals surface area contributed by atoms with Gasteiger partial charge in [0.15, 0.2) is 11.5 Å². The molecule has 3 aliphatic heterocycles. The minimum atomic E-state index is -3.92. The number of ether oxygens (including phenoxy) is 3. The Bertz CT molecular complexity index is 2240. The highest BCUT2D eigenvalue weighted by molar-refractivity contribution is 7.91. The van der Waals surface area contributed by atoms with Crippen LogP contribution in [0.5, 0.6) is 11.5 Å². The molecule has 1 saturated heterocycles. The Kier molecular flexibility index (Phi) is 10.9. The summed E-state index contributed by atoms with van der Waals surface area (Å²) in [5.74, 6) is -2.70. The van der Waals surface area contributed by atoms with Crippen LogP contribution in [0.25, 0.3) is 11.3 Å². The maximum absolute atomic E-state index is 14.7. The van der Waals surface area contributed by atoms with Crippen LogP contribution in [0.4, 0.5) is 9.18 Å². The molecule has 60 heavy (non-hydrogen) atoms. The molecule has 3 saturated carbocycles. The van der Waals surface area contributed by atoms with E-state index in [0.717, 1.165) is 44.1 Å². The Morgan fingerprint density at radius 3 is 2.55 bits per heavy atom. The van der Waals surface area contributed by atoms with Crippen LogP contribution in [0, 0.1) is 5.92 Å². The lowest BCUT2D eigenvalue weighted by atomic mass is 9.95. The molecule has 1 aromatic heterocycles. The van der Waals surface area contributed by atoms with Crippen molar-refractivity contribution in [3.63, 3.8) is 0 Å². The second kappa shape index (κ2) is 16.3. The summed E-state index contributed by atoms with van der Waals surface area (Å²) in [5, 5.41) is 5.06. The first-order valence-corrected chi connectivity index (χ1v) is 22.8. The molecule has 14 nitrogen and oxygen atoms in total. The van der Waals surface area contributed by atoms with Crippen LogP contribution in [0.1, 0.15) is 95.1 Å². The third-order valence-electron chi connectivity index (χ3n) is 12.7. The van der Waals surface area contributed by atoms with Gasteiger partial charge in [0.2, 0.25) is 21.8 Å². The Hall–Kier alpha value is -5.25. The predicted octanol–water partition coefficient (Wildman–Crippen LogP) is 5.41. The summed E-state index contributed by atoms with van der Waals surface area (Å²) in [6.45, 7) is -0.0651. The van der Waals surface area contributed by atoms with E-state index in [-0.39, 0.29) is 25.5 Å². The number of benzene rings is 1.